The molecule has 2 aromatic rings. The summed E-state index contributed by atoms with van der Waals surface area (Å²) in [6.07, 6.45) is 0. The van der Waals surface area contributed by atoms with Crippen LogP contribution in [-0.2, 0) is 4.79 Å². The van der Waals surface area contributed by atoms with Gasteiger partial charge in [-0.15, -0.1) is 0 Å². The largest absolute Gasteiger partial charge is 0.489 e. The summed E-state index contributed by atoms with van der Waals surface area (Å²) in [6.45, 7) is 6.29. The van der Waals surface area contributed by atoms with Gasteiger partial charge >= 0.3 is 0 Å². The van der Waals surface area contributed by atoms with Crippen LogP contribution in [0.25, 0.3) is 5.57 Å². The molecule has 0 radical (unpaired) electrons. The summed E-state index contributed by atoms with van der Waals surface area (Å²) in [6, 6.07) is 14.2. The number of nitrogens with one attached hydrogen (secondary N) is 1. The summed E-state index contributed by atoms with van der Waals surface area (Å²) < 4.78 is 5.83. The number of hydrogen-bond donors (Lipinski definition) is 1. The van der Waals surface area contributed by atoms with Crippen LogP contribution in [-0.4, -0.2) is 12.5 Å². The Morgan fingerprint density at radius 2 is 1.82 bits per heavy atom. The average Bonchev–Trinajstić information content (AvgIpc) is 2.48. The quantitative estimate of drug-likeness (QED) is 0.902. The van der Waals surface area contributed by atoms with E-state index in [0.717, 1.165) is 22.6 Å². The van der Waals surface area contributed by atoms with E-state index in [0.29, 0.717) is 6.61 Å². The van der Waals surface area contributed by atoms with Crippen LogP contribution in [0.15, 0.2) is 48.0 Å². The van der Waals surface area contributed by atoms with Crippen LogP contribution in [0.5, 0.6) is 5.75 Å². The van der Waals surface area contributed by atoms with Crippen molar-refractivity contribution in [3.05, 3.63) is 64.7 Å². The normalized spacial score (nSPS) is 13.4. The molecule has 3 nitrogen and oxygen atoms in total. The molecule has 0 aromatic heterocycles. The van der Waals surface area contributed by atoms with Gasteiger partial charge in [0.1, 0.15) is 12.4 Å². The van der Waals surface area contributed by atoms with Gasteiger partial charge in [-0.3, -0.25) is 4.79 Å². The summed E-state index contributed by atoms with van der Waals surface area (Å²) in [5.74, 6) is 0.876. The van der Waals surface area contributed by atoms with E-state index < -0.39 is 0 Å². The summed E-state index contributed by atoms with van der Waals surface area (Å²) >= 11 is 0. The van der Waals surface area contributed by atoms with Crippen molar-refractivity contribution in [3.8, 4) is 5.75 Å². The minimum atomic E-state index is -0.0602. The van der Waals surface area contributed by atoms with Crippen molar-refractivity contribution >= 4 is 17.2 Å². The molecule has 1 aliphatic heterocycles. The molecule has 0 unspecified atom stereocenters. The number of aryl methyl sites for hydroxylation is 1. The third kappa shape index (κ3) is 2.75. The van der Waals surface area contributed by atoms with Crippen molar-refractivity contribution in [3.63, 3.8) is 0 Å². The first-order chi connectivity index (χ1) is 10.5. The SMILES string of the molecule is CC(=O)Nc1ccc(C2=C(C)COc3cc(C)ccc32)cc1. The molecule has 0 atom stereocenters. The summed E-state index contributed by atoms with van der Waals surface area (Å²) in [4.78, 5) is 11.1. The van der Waals surface area contributed by atoms with Crippen LogP contribution in [0.3, 0.4) is 0 Å². The molecule has 2 aromatic carbocycles. The minimum absolute atomic E-state index is 0.0602. The van der Waals surface area contributed by atoms with E-state index in [1.807, 2.05) is 24.3 Å². The number of amides is 1. The van der Waals surface area contributed by atoms with Crippen molar-refractivity contribution in [2.24, 2.45) is 0 Å². The van der Waals surface area contributed by atoms with Crippen molar-refractivity contribution in [2.75, 3.05) is 11.9 Å². The molecule has 0 bridgehead atoms. The summed E-state index contributed by atoms with van der Waals surface area (Å²) in [5.41, 5.74) is 6.70. The number of hydrogen-bond acceptors (Lipinski definition) is 2. The standard InChI is InChI=1S/C19H19NO2/c1-12-4-9-17-18(10-12)22-11-13(2)19(17)15-5-7-16(8-6-15)20-14(3)21/h4-10H,11H2,1-3H3,(H,20,21). The fraction of sp³-hybridized carbons (Fsp3) is 0.211. The van der Waals surface area contributed by atoms with Gasteiger partial charge in [0.2, 0.25) is 5.91 Å². The molecule has 0 aliphatic carbocycles. The summed E-state index contributed by atoms with van der Waals surface area (Å²) in [5, 5.41) is 2.79. The van der Waals surface area contributed by atoms with Crippen LogP contribution in [0.4, 0.5) is 5.69 Å². The first kappa shape index (κ1) is 14.4. The molecule has 0 spiro atoms. The lowest BCUT2D eigenvalue weighted by Crippen LogP contribution is -2.10. The molecule has 112 valence electrons. The number of rotatable bonds is 2. The predicted molar refractivity (Wildman–Crippen MR) is 89.1 cm³/mol. The van der Waals surface area contributed by atoms with Gasteiger partial charge in [0.25, 0.3) is 0 Å². The topological polar surface area (TPSA) is 38.3 Å². The Kier molecular flexibility index (Phi) is 3.72. The first-order valence-corrected chi connectivity index (χ1v) is 7.36. The highest BCUT2D eigenvalue weighted by atomic mass is 16.5. The van der Waals surface area contributed by atoms with Crippen LogP contribution >= 0.6 is 0 Å². The molecule has 22 heavy (non-hydrogen) atoms. The van der Waals surface area contributed by atoms with Crippen molar-refractivity contribution in [1.82, 2.24) is 0 Å². The highest BCUT2D eigenvalue weighted by molar-refractivity contribution is 5.90. The Hall–Kier alpha value is -2.55. The average molecular weight is 293 g/mol. The van der Waals surface area contributed by atoms with Gasteiger partial charge in [-0.1, -0.05) is 24.3 Å². The molecule has 1 amide bonds. The third-order valence-electron chi connectivity index (χ3n) is 3.77. The van der Waals surface area contributed by atoms with Gasteiger partial charge in [0.15, 0.2) is 0 Å². The van der Waals surface area contributed by atoms with Crippen molar-refractivity contribution in [2.45, 2.75) is 20.8 Å². The molecular weight excluding hydrogens is 274 g/mol. The Morgan fingerprint density at radius 3 is 2.50 bits per heavy atom. The van der Waals surface area contributed by atoms with E-state index in [2.05, 4.69) is 37.4 Å². The van der Waals surface area contributed by atoms with Gasteiger partial charge < -0.3 is 10.1 Å². The Bertz CT molecular complexity index is 758. The zero-order chi connectivity index (χ0) is 15.7. The fourth-order valence-corrected chi connectivity index (χ4v) is 2.77. The summed E-state index contributed by atoms with van der Waals surface area (Å²) in [7, 11) is 0. The lowest BCUT2D eigenvalue weighted by Gasteiger charge is -2.23. The van der Waals surface area contributed by atoms with E-state index in [1.54, 1.807) is 0 Å². The number of carbonyl (C=O) groups is 1. The molecular formula is C19H19NO2. The highest BCUT2D eigenvalue weighted by Gasteiger charge is 2.19. The maximum Gasteiger partial charge on any atom is 0.221 e. The van der Waals surface area contributed by atoms with E-state index in [-0.39, 0.29) is 5.91 Å². The first-order valence-electron chi connectivity index (χ1n) is 7.36. The maximum absolute atomic E-state index is 11.1. The molecule has 0 saturated carbocycles. The van der Waals surface area contributed by atoms with Gasteiger partial charge in [-0.2, -0.15) is 0 Å². The van der Waals surface area contributed by atoms with Crippen molar-refractivity contribution in [1.29, 1.82) is 0 Å². The van der Waals surface area contributed by atoms with Crippen LogP contribution < -0.4 is 10.1 Å². The Labute approximate surface area is 130 Å². The predicted octanol–water partition coefficient (Wildman–Crippen LogP) is 4.17. The molecule has 1 N–H and O–H groups in total. The number of anilines is 1. The molecule has 3 heteroatoms. The number of ether oxygens (including phenoxy) is 1. The van der Waals surface area contributed by atoms with E-state index >= 15 is 0 Å². The van der Waals surface area contributed by atoms with Crippen molar-refractivity contribution < 1.29 is 9.53 Å². The van der Waals surface area contributed by atoms with Crippen LogP contribution in [0.2, 0.25) is 0 Å². The number of fused-ring (bicyclic) bond motifs is 1. The van der Waals surface area contributed by atoms with Gasteiger partial charge in [-0.25, -0.2) is 0 Å². The zero-order valence-electron chi connectivity index (χ0n) is 13.1. The second-order valence-corrected chi connectivity index (χ2v) is 5.70. The second-order valence-electron chi connectivity index (χ2n) is 5.70. The monoisotopic (exact) mass is 293 g/mol. The molecule has 3 rings (SSSR count). The maximum atomic E-state index is 11.1. The lowest BCUT2D eigenvalue weighted by atomic mass is 9.91. The van der Waals surface area contributed by atoms with E-state index in [4.69, 9.17) is 4.74 Å². The third-order valence-corrected chi connectivity index (χ3v) is 3.77. The smallest absolute Gasteiger partial charge is 0.221 e. The lowest BCUT2D eigenvalue weighted by molar-refractivity contribution is -0.114. The van der Waals surface area contributed by atoms with Crippen LogP contribution in [0, 0.1) is 6.92 Å². The number of benzene rings is 2. The van der Waals surface area contributed by atoms with Gasteiger partial charge in [-0.05, 0) is 54.3 Å². The Morgan fingerprint density at radius 1 is 1.09 bits per heavy atom. The molecule has 1 aliphatic rings. The van der Waals surface area contributed by atoms with Gasteiger partial charge in [0.05, 0.1) is 0 Å². The van der Waals surface area contributed by atoms with E-state index in [1.165, 1.54) is 23.6 Å². The highest BCUT2D eigenvalue weighted by Crippen LogP contribution is 2.38. The zero-order valence-corrected chi connectivity index (χ0v) is 13.1. The molecule has 0 saturated heterocycles. The number of carbonyl (C=O) groups excluding carboxylic acids is 1. The fourth-order valence-electron chi connectivity index (χ4n) is 2.77. The van der Waals surface area contributed by atoms with Gasteiger partial charge in [0, 0.05) is 18.2 Å². The Balaban J connectivity index is 2.02. The van der Waals surface area contributed by atoms with E-state index in [9.17, 15) is 4.79 Å². The molecule has 0 fully saturated rings. The molecule has 1 heterocycles. The van der Waals surface area contributed by atoms with Crippen LogP contribution in [0.1, 0.15) is 30.5 Å². The minimum Gasteiger partial charge on any atom is -0.489 e. The second kappa shape index (κ2) is 5.68.